The summed E-state index contributed by atoms with van der Waals surface area (Å²) in [4.78, 5) is 62.1. The molecular weight excluding hydrogens is 1010 g/mol. The van der Waals surface area contributed by atoms with Gasteiger partial charge in [0, 0.05) is 19.0 Å². The first kappa shape index (κ1) is 67.7. The number of allylic oxidation sites excluding steroid dienone is 7. The fourth-order valence-corrected chi connectivity index (χ4v) is 10.1. The monoisotopic (exact) mass is 1100 g/mol. The molecule has 1 saturated heterocycles. The number of aliphatic hydroxyl groups is 4. The van der Waals surface area contributed by atoms with Gasteiger partial charge in [0.2, 0.25) is 0 Å². The van der Waals surface area contributed by atoms with Crippen molar-refractivity contribution in [3.8, 4) is 0 Å². The van der Waals surface area contributed by atoms with E-state index in [1.54, 1.807) is 6.08 Å². The Kier molecular flexibility index (Phi) is 36.1. The Labute approximate surface area is 445 Å². The lowest BCUT2D eigenvalue weighted by atomic mass is 9.99. The van der Waals surface area contributed by atoms with Gasteiger partial charge in [-0.2, -0.15) is 9.29 Å². The molecule has 1 aromatic rings. The van der Waals surface area contributed by atoms with Gasteiger partial charge in [0.05, 0.1) is 25.4 Å². The van der Waals surface area contributed by atoms with E-state index >= 15 is 0 Å². The van der Waals surface area contributed by atoms with Crippen molar-refractivity contribution in [3.05, 3.63) is 71.4 Å². The van der Waals surface area contributed by atoms with Crippen LogP contribution >= 0.6 is 15.6 Å². The third-order valence-electron chi connectivity index (χ3n) is 12.7. The molecule has 0 radical (unpaired) electrons. The largest absolute Gasteiger partial charge is 0.481 e. The summed E-state index contributed by atoms with van der Waals surface area (Å²) in [5.74, 6) is -0.761. The molecule has 1 aromatic heterocycles. The molecule has 2 heterocycles. The Balaban J connectivity index is 1.84. The van der Waals surface area contributed by atoms with E-state index in [0.29, 0.717) is 12.8 Å². The molecule has 0 bridgehead atoms. The minimum absolute atomic E-state index is 0.0317. The number of hydrogen-bond donors (Lipinski definition) is 7. The second kappa shape index (κ2) is 39.9. The number of aromatic nitrogens is 2. The number of ether oxygens (including phenoxy) is 3. The minimum Gasteiger partial charge on any atom is -0.462 e. The van der Waals surface area contributed by atoms with Gasteiger partial charge < -0.3 is 50.2 Å². The maximum Gasteiger partial charge on any atom is 0.481 e. The number of nitrogens with zero attached hydrogens (tertiary/aromatic N) is 2. The van der Waals surface area contributed by atoms with Crippen molar-refractivity contribution in [1.29, 1.82) is 0 Å². The zero-order chi connectivity index (χ0) is 55.3. The van der Waals surface area contributed by atoms with Gasteiger partial charge >= 0.3 is 33.3 Å². The molecule has 3 unspecified atom stereocenters. The van der Waals surface area contributed by atoms with E-state index in [1.807, 2.05) is 18.2 Å². The van der Waals surface area contributed by atoms with E-state index in [9.17, 15) is 53.7 Å². The first-order valence-corrected chi connectivity index (χ1v) is 30.2. The van der Waals surface area contributed by atoms with Crippen LogP contribution in [0.25, 0.3) is 0 Å². The molecule has 0 aliphatic carbocycles. The van der Waals surface area contributed by atoms with Gasteiger partial charge in [0.25, 0.3) is 0 Å². The number of unbranched alkanes of at least 4 members (excludes halogenated alkanes) is 13. The van der Waals surface area contributed by atoms with E-state index in [2.05, 4.69) is 54.4 Å². The zero-order valence-electron chi connectivity index (χ0n) is 44.7. The van der Waals surface area contributed by atoms with Crippen molar-refractivity contribution in [2.75, 3.05) is 25.6 Å². The predicted octanol–water partition coefficient (Wildman–Crippen LogP) is 9.53. The maximum absolute atomic E-state index is 12.9. The van der Waals surface area contributed by atoms with Crippen LogP contribution in [0.1, 0.15) is 188 Å². The molecule has 430 valence electrons. The number of phosphoric ester groups is 2. The number of rotatable bonds is 44. The predicted molar refractivity (Wildman–Crippen MR) is 287 cm³/mol. The van der Waals surface area contributed by atoms with Crippen LogP contribution in [0.15, 0.2) is 65.7 Å². The van der Waals surface area contributed by atoms with Gasteiger partial charge in [-0.25, -0.2) is 13.9 Å². The third-order valence-corrected chi connectivity index (χ3v) is 15.3. The van der Waals surface area contributed by atoms with E-state index in [0.717, 1.165) is 61.6 Å². The summed E-state index contributed by atoms with van der Waals surface area (Å²) >= 11 is 0. The highest BCUT2D eigenvalue weighted by molar-refractivity contribution is 7.61. The molecule has 8 N–H and O–H groups in total. The highest BCUT2D eigenvalue weighted by atomic mass is 31.3. The molecule has 2 rings (SSSR count). The molecule has 1 aliphatic rings. The third kappa shape index (κ3) is 32.2. The Bertz CT molecular complexity index is 2000. The Morgan fingerprint density at radius 3 is 1.83 bits per heavy atom. The van der Waals surface area contributed by atoms with E-state index in [4.69, 9.17) is 29.0 Å². The van der Waals surface area contributed by atoms with Crippen LogP contribution < -0.4 is 11.4 Å². The van der Waals surface area contributed by atoms with Crippen LogP contribution in [0.3, 0.4) is 0 Å². The Morgan fingerprint density at radius 1 is 0.720 bits per heavy atom. The maximum atomic E-state index is 12.9. The SMILES string of the molecule is CC/C=C\C/C=C\C/C=C\C/C=C\C[C@@H](O)[C@H](O)CCCC(=O)O[C@H](COC(=O)CCCCCCCCCCCCCCCCC(C)CC)COP(=O)(O)OP(=O)(O)OC[C@H]1O[C@@H](n2ccc(N)nc2=O)[C@H](O)[C@@H]1O. The van der Waals surface area contributed by atoms with Gasteiger partial charge in [0.1, 0.15) is 30.7 Å². The van der Waals surface area contributed by atoms with Gasteiger partial charge in [-0.15, -0.1) is 0 Å². The van der Waals surface area contributed by atoms with Gasteiger partial charge in [-0.1, -0.05) is 166 Å². The summed E-state index contributed by atoms with van der Waals surface area (Å²) in [6.07, 6.45) is 29.1. The number of aliphatic hydroxyl groups excluding tert-OH is 4. The quantitative estimate of drug-likeness (QED) is 0.0138. The average Bonchev–Trinajstić information content (AvgIpc) is 3.64. The summed E-state index contributed by atoms with van der Waals surface area (Å²) in [5.41, 5.74) is 4.57. The number of nitrogen functional groups attached to an aromatic ring is 1. The molecule has 1 aliphatic heterocycles. The van der Waals surface area contributed by atoms with Crippen LogP contribution in [0.2, 0.25) is 0 Å². The fraction of sp³-hybridized carbons (Fsp3) is 0.736. The number of carbonyl (C=O) groups is 2. The number of anilines is 1. The second-order valence-electron chi connectivity index (χ2n) is 19.3. The summed E-state index contributed by atoms with van der Waals surface area (Å²) in [7, 11) is -11.0. The topological polar surface area (TPSA) is 306 Å². The van der Waals surface area contributed by atoms with Crippen molar-refractivity contribution >= 4 is 33.4 Å². The van der Waals surface area contributed by atoms with Crippen molar-refractivity contribution in [2.45, 2.75) is 224 Å². The van der Waals surface area contributed by atoms with Crippen molar-refractivity contribution in [2.24, 2.45) is 5.92 Å². The summed E-state index contributed by atoms with van der Waals surface area (Å²) in [5, 5.41) is 41.9. The molecule has 0 aromatic carbocycles. The molecule has 1 fully saturated rings. The average molecular weight is 1100 g/mol. The first-order chi connectivity index (χ1) is 35.9. The molecule has 22 heteroatoms. The van der Waals surface area contributed by atoms with Gasteiger partial charge in [0.15, 0.2) is 12.3 Å². The van der Waals surface area contributed by atoms with Crippen LogP contribution in [-0.2, 0) is 46.3 Å². The molecule has 20 nitrogen and oxygen atoms in total. The van der Waals surface area contributed by atoms with Crippen LogP contribution in [-0.4, -0.2) is 108 Å². The van der Waals surface area contributed by atoms with Crippen LogP contribution in [0.5, 0.6) is 0 Å². The van der Waals surface area contributed by atoms with Crippen molar-refractivity contribution < 1.29 is 76.5 Å². The van der Waals surface area contributed by atoms with Crippen molar-refractivity contribution in [3.63, 3.8) is 0 Å². The van der Waals surface area contributed by atoms with E-state index in [-0.39, 0.29) is 37.9 Å². The zero-order valence-corrected chi connectivity index (χ0v) is 46.5. The number of hydrogen-bond acceptors (Lipinski definition) is 17. The Hall–Kier alpha value is -3.36. The lowest BCUT2D eigenvalue weighted by molar-refractivity contribution is -0.161. The molecule has 0 saturated carbocycles. The smallest absolute Gasteiger partial charge is 0.462 e. The number of esters is 2. The van der Waals surface area contributed by atoms with Crippen LogP contribution in [0.4, 0.5) is 5.82 Å². The van der Waals surface area contributed by atoms with Crippen molar-refractivity contribution in [1.82, 2.24) is 9.55 Å². The number of carbonyl (C=O) groups excluding carboxylic acids is 2. The lowest BCUT2D eigenvalue weighted by Gasteiger charge is -2.22. The fourth-order valence-electron chi connectivity index (χ4n) is 7.97. The molecule has 0 amide bonds. The molecule has 75 heavy (non-hydrogen) atoms. The number of phosphoric acid groups is 2. The highest BCUT2D eigenvalue weighted by Gasteiger charge is 2.46. The standard InChI is InChI=1S/C53H91N3O17P2/c1-4-6-7-8-9-10-11-17-20-23-26-29-33-44(57)45(58)34-31-36-49(60)71-43(39-68-48(59)35-30-27-24-21-18-15-13-12-14-16-19-22-25-28-32-42(3)5-2)40-69-74(64,65)73-75(66,67)70-41-46-50(61)51(62)52(72-46)56-38-37-47(54)55-53(56)63/h6-7,9-10,17,20,26,29,37-38,42-46,50-52,57-58,61-62H,4-5,8,11-16,18-19,21-25,27-28,30-36,39-41H2,1-3H3,(H,64,65)(H,66,67)(H2,54,55,63)/b7-6-,10-9-,20-17-,29-26-/t42?,43-,44-,45-,46-,50-,51-,52-/m1/s1. The second-order valence-corrected chi connectivity index (χ2v) is 22.3. The normalized spacial score (nSPS) is 20.4. The minimum atomic E-state index is -5.50. The van der Waals surface area contributed by atoms with E-state index < -0.39 is 95.9 Å². The summed E-state index contributed by atoms with van der Waals surface area (Å²) in [6, 6.07) is 1.23. The van der Waals surface area contributed by atoms with Gasteiger partial charge in [-0.05, 0) is 63.4 Å². The first-order valence-electron chi connectivity index (χ1n) is 27.2. The Morgan fingerprint density at radius 2 is 1.25 bits per heavy atom. The molecule has 0 spiro atoms. The van der Waals surface area contributed by atoms with Crippen LogP contribution in [0, 0.1) is 5.92 Å². The number of nitrogens with two attached hydrogens (primary N) is 1. The molecule has 10 atom stereocenters. The molecular formula is C53H91N3O17P2. The lowest BCUT2D eigenvalue weighted by Crippen LogP contribution is -2.36. The highest BCUT2D eigenvalue weighted by Crippen LogP contribution is 2.60. The van der Waals surface area contributed by atoms with Gasteiger partial charge in [-0.3, -0.25) is 23.2 Å². The van der Waals surface area contributed by atoms with E-state index in [1.165, 1.54) is 76.7 Å². The summed E-state index contributed by atoms with van der Waals surface area (Å²) < 4.78 is 56.7. The summed E-state index contributed by atoms with van der Waals surface area (Å²) in [6.45, 7) is 4.12.